The van der Waals surface area contributed by atoms with E-state index < -0.39 is 17.9 Å². The molecule has 0 aliphatic heterocycles. The summed E-state index contributed by atoms with van der Waals surface area (Å²) in [6.45, 7) is 5.61. The third-order valence-corrected chi connectivity index (χ3v) is 4.94. The van der Waals surface area contributed by atoms with Gasteiger partial charge < -0.3 is 4.74 Å². The van der Waals surface area contributed by atoms with Crippen LogP contribution in [0.3, 0.4) is 0 Å². The summed E-state index contributed by atoms with van der Waals surface area (Å²) in [6, 6.07) is 6.87. The van der Waals surface area contributed by atoms with Gasteiger partial charge in [-0.3, -0.25) is 4.79 Å². The molecule has 1 aromatic carbocycles. The second kappa shape index (κ2) is 13.3. The van der Waals surface area contributed by atoms with Gasteiger partial charge in [-0.15, -0.1) is 0 Å². The molecule has 0 N–H and O–H groups in total. The number of aryl methyl sites for hydroxylation is 1. The summed E-state index contributed by atoms with van der Waals surface area (Å²) in [5, 5.41) is 0. The molecule has 2 rings (SSSR count). The highest BCUT2D eigenvalue weighted by molar-refractivity contribution is 6.01. The van der Waals surface area contributed by atoms with Crippen molar-refractivity contribution < 1.29 is 14.3 Å². The minimum absolute atomic E-state index is 0.367. The molecule has 0 aliphatic carbocycles. The first-order valence-corrected chi connectivity index (χ1v) is 11.2. The molecule has 0 saturated carbocycles. The van der Waals surface area contributed by atoms with Crippen LogP contribution in [0.25, 0.3) is 11.4 Å². The SMILES string of the molecule is CCC#CC(=O)C(C)OC(=O)c1ccc(-c2ncc(CCCCCCCC)cn2)cc1. The van der Waals surface area contributed by atoms with Crippen LogP contribution in [-0.4, -0.2) is 27.8 Å². The molecule has 0 fully saturated rings. The Balaban J connectivity index is 1.88. The van der Waals surface area contributed by atoms with Crippen LogP contribution >= 0.6 is 0 Å². The van der Waals surface area contributed by atoms with E-state index in [0.717, 1.165) is 24.0 Å². The molecule has 164 valence electrons. The smallest absolute Gasteiger partial charge is 0.338 e. The van der Waals surface area contributed by atoms with Gasteiger partial charge in [0.15, 0.2) is 11.9 Å². The molecule has 5 heteroatoms. The highest BCUT2D eigenvalue weighted by Crippen LogP contribution is 2.17. The Labute approximate surface area is 185 Å². The van der Waals surface area contributed by atoms with E-state index in [9.17, 15) is 9.59 Å². The summed E-state index contributed by atoms with van der Waals surface area (Å²) in [7, 11) is 0. The fraction of sp³-hybridized carbons (Fsp3) is 0.462. The predicted octanol–water partition coefficient (Wildman–Crippen LogP) is 5.57. The van der Waals surface area contributed by atoms with E-state index in [0.29, 0.717) is 17.8 Å². The number of nitrogens with zero attached hydrogens (tertiary/aromatic N) is 2. The molecular weight excluding hydrogens is 388 g/mol. The summed E-state index contributed by atoms with van der Waals surface area (Å²) in [5.41, 5.74) is 2.33. The maximum atomic E-state index is 12.3. The Kier molecular flexibility index (Phi) is 10.4. The highest BCUT2D eigenvalue weighted by atomic mass is 16.5. The molecule has 0 amide bonds. The van der Waals surface area contributed by atoms with E-state index in [1.165, 1.54) is 39.0 Å². The van der Waals surface area contributed by atoms with Crippen LogP contribution < -0.4 is 0 Å². The van der Waals surface area contributed by atoms with Crippen LogP contribution in [0.2, 0.25) is 0 Å². The van der Waals surface area contributed by atoms with Crippen LogP contribution in [0.1, 0.15) is 81.6 Å². The quantitative estimate of drug-likeness (QED) is 0.206. The van der Waals surface area contributed by atoms with Gasteiger partial charge in [0.25, 0.3) is 0 Å². The zero-order valence-electron chi connectivity index (χ0n) is 18.8. The minimum Gasteiger partial charge on any atom is -0.450 e. The zero-order valence-corrected chi connectivity index (χ0v) is 18.8. The first-order valence-electron chi connectivity index (χ1n) is 11.2. The lowest BCUT2D eigenvalue weighted by molar-refractivity contribution is -0.121. The summed E-state index contributed by atoms with van der Waals surface area (Å²) >= 11 is 0. The molecule has 31 heavy (non-hydrogen) atoms. The number of ketones is 1. The second-order valence-electron chi connectivity index (χ2n) is 7.58. The predicted molar refractivity (Wildman–Crippen MR) is 122 cm³/mol. The Bertz CT molecular complexity index is 893. The maximum Gasteiger partial charge on any atom is 0.338 e. The number of hydrogen-bond acceptors (Lipinski definition) is 5. The van der Waals surface area contributed by atoms with Gasteiger partial charge in [0, 0.05) is 24.4 Å². The van der Waals surface area contributed by atoms with E-state index in [4.69, 9.17) is 4.74 Å². The number of carbonyl (C=O) groups is 2. The van der Waals surface area contributed by atoms with Crippen molar-refractivity contribution in [2.45, 2.75) is 78.2 Å². The van der Waals surface area contributed by atoms with Crippen LogP contribution in [0, 0.1) is 11.8 Å². The van der Waals surface area contributed by atoms with Crippen LogP contribution in [0.5, 0.6) is 0 Å². The van der Waals surface area contributed by atoms with E-state index in [-0.39, 0.29) is 0 Å². The fourth-order valence-corrected chi connectivity index (χ4v) is 3.06. The van der Waals surface area contributed by atoms with E-state index in [1.54, 1.807) is 24.3 Å². The largest absolute Gasteiger partial charge is 0.450 e. The van der Waals surface area contributed by atoms with E-state index in [1.807, 2.05) is 19.3 Å². The molecular formula is C26H32N2O3. The van der Waals surface area contributed by atoms with Gasteiger partial charge in [-0.2, -0.15) is 0 Å². The molecule has 5 nitrogen and oxygen atoms in total. The normalized spacial score (nSPS) is 11.3. The first kappa shape index (κ1) is 24.3. The van der Waals surface area contributed by atoms with Crippen LogP contribution in [0.15, 0.2) is 36.7 Å². The van der Waals surface area contributed by atoms with Crippen molar-refractivity contribution in [2.75, 3.05) is 0 Å². The molecule has 0 aliphatic rings. The molecule has 0 spiro atoms. The van der Waals surface area contributed by atoms with Crippen molar-refractivity contribution >= 4 is 11.8 Å². The van der Waals surface area contributed by atoms with Gasteiger partial charge in [0.2, 0.25) is 5.78 Å². The molecule has 2 aromatic rings. The third-order valence-electron chi connectivity index (χ3n) is 4.94. The van der Waals surface area contributed by atoms with Gasteiger partial charge in [-0.05, 0) is 43.4 Å². The van der Waals surface area contributed by atoms with Crippen molar-refractivity contribution in [3.05, 3.63) is 47.8 Å². The standard InChI is InChI=1S/C26H32N2O3/c1-4-6-8-9-10-11-12-21-18-27-25(28-19-21)22-14-16-23(17-15-22)26(30)31-20(3)24(29)13-7-5-2/h14-20H,4-6,8-12H2,1-3H3. The summed E-state index contributed by atoms with van der Waals surface area (Å²) < 4.78 is 5.20. The minimum atomic E-state index is -0.895. The zero-order chi connectivity index (χ0) is 22.5. The summed E-state index contributed by atoms with van der Waals surface area (Å²) in [5.74, 6) is 4.81. The number of aromatic nitrogens is 2. The number of unbranched alkanes of at least 4 members (excludes halogenated alkanes) is 5. The average Bonchev–Trinajstić information content (AvgIpc) is 2.80. The third kappa shape index (κ3) is 8.33. The molecule has 1 aromatic heterocycles. The molecule has 1 atom stereocenters. The van der Waals surface area contributed by atoms with Gasteiger partial charge >= 0.3 is 5.97 Å². The summed E-state index contributed by atoms with van der Waals surface area (Å²) in [4.78, 5) is 33.0. The monoisotopic (exact) mass is 420 g/mol. The number of esters is 1. The number of ether oxygens (including phenoxy) is 1. The van der Waals surface area contributed by atoms with Crippen LogP contribution in [0.4, 0.5) is 0 Å². The van der Waals surface area contributed by atoms with E-state index in [2.05, 4.69) is 28.7 Å². The molecule has 0 radical (unpaired) electrons. The van der Waals surface area contributed by atoms with Crippen molar-refractivity contribution in [3.63, 3.8) is 0 Å². The first-order chi connectivity index (χ1) is 15.0. The topological polar surface area (TPSA) is 69.2 Å². The van der Waals surface area contributed by atoms with Gasteiger partial charge in [-0.1, -0.05) is 64.0 Å². The lowest BCUT2D eigenvalue weighted by atomic mass is 10.1. The number of carbonyl (C=O) groups excluding carboxylic acids is 2. The van der Waals surface area contributed by atoms with Gasteiger partial charge in [0.05, 0.1) is 5.56 Å². The number of rotatable bonds is 11. The van der Waals surface area contributed by atoms with E-state index >= 15 is 0 Å². The molecule has 1 heterocycles. The van der Waals surface area contributed by atoms with Crippen molar-refractivity contribution in [3.8, 4) is 23.2 Å². The Morgan fingerprint density at radius 2 is 1.61 bits per heavy atom. The van der Waals surface area contributed by atoms with Gasteiger partial charge in [-0.25, -0.2) is 14.8 Å². The molecule has 0 saturated heterocycles. The molecule has 0 bridgehead atoms. The second-order valence-corrected chi connectivity index (χ2v) is 7.58. The average molecular weight is 421 g/mol. The Morgan fingerprint density at radius 1 is 0.968 bits per heavy atom. The van der Waals surface area contributed by atoms with Crippen molar-refractivity contribution in [2.24, 2.45) is 0 Å². The maximum absolute atomic E-state index is 12.3. The van der Waals surface area contributed by atoms with Crippen LogP contribution in [-0.2, 0) is 16.0 Å². The van der Waals surface area contributed by atoms with Gasteiger partial charge in [0.1, 0.15) is 0 Å². The van der Waals surface area contributed by atoms with Crippen molar-refractivity contribution in [1.29, 1.82) is 0 Å². The Hall–Kier alpha value is -3.00. The lowest BCUT2D eigenvalue weighted by Gasteiger charge is -2.09. The lowest BCUT2D eigenvalue weighted by Crippen LogP contribution is -2.23. The summed E-state index contributed by atoms with van der Waals surface area (Å²) in [6.07, 6.45) is 12.0. The number of benzene rings is 1. The number of Topliss-reactive ketones (excluding diaryl/α,β-unsaturated/α-hetero) is 1. The number of hydrogen-bond donors (Lipinski definition) is 0. The van der Waals surface area contributed by atoms with Crippen molar-refractivity contribution in [1.82, 2.24) is 9.97 Å². The fourth-order valence-electron chi connectivity index (χ4n) is 3.06. The molecule has 1 unspecified atom stereocenters. The Morgan fingerprint density at radius 3 is 2.26 bits per heavy atom. The highest BCUT2D eigenvalue weighted by Gasteiger charge is 2.17.